The van der Waals surface area contributed by atoms with Crippen molar-refractivity contribution < 1.29 is 9.32 Å². The molecular weight excluding hydrogens is 166 g/mol. The van der Waals surface area contributed by atoms with Crippen LogP contribution in [-0.2, 0) is 0 Å². The van der Waals surface area contributed by atoms with Crippen molar-refractivity contribution in [3.05, 3.63) is 16.5 Å². The molecule has 0 unspecified atom stereocenters. The second-order valence-electron chi connectivity index (χ2n) is 2.52. The molecule has 0 aliphatic carbocycles. The molecule has 60 valence electrons. The first-order chi connectivity index (χ1) is 5.16. The molecule has 0 saturated heterocycles. The molecule has 4 heteroatoms. The number of halogens is 1. The van der Waals surface area contributed by atoms with Gasteiger partial charge in [-0.05, 0) is 0 Å². The van der Waals surface area contributed by atoms with Crippen molar-refractivity contribution in [3.8, 4) is 0 Å². The van der Waals surface area contributed by atoms with Crippen LogP contribution in [0.5, 0.6) is 0 Å². The van der Waals surface area contributed by atoms with Crippen LogP contribution in [0.2, 0.25) is 5.02 Å². The molecule has 0 bridgehead atoms. The summed E-state index contributed by atoms with van der Waals surface area (Å²) in [6.07, 6.45) is 0.557. The lowest BCUT2D eigenvalue weighted by molar-refractivity contribution is 0.109. The van der Waals surface area contributed by atoms with E-state index in [9.17, 15) is 4.79 Å². The fourth-order valence-corrected chi connectivity index (χ4v) is 1.07. The first kappa shape index (κ1) is 8.27. The van der Waals surface area contributed by atoms with Gasteiger partial charge in [-0.25, -0.2) is 0 Å². The number of hydrogen-bond acceptors (Lipinski definition) is 3. The zero-order valence-electron chi connectivity index (χ0n) is 6.30. The third-order valence-electron chi connectivity index (χ3n) is 1.34. The van der Waals surface area contributed by atoms with Crippen LogP contribution in [0.4, 0.5) is 0 Å². The summed E-state index contributed by atoms with van der Waals surface area (Å²) in [4.78, 5) is 10.2. The van der Waals surface area contributed by atoms with Crippen LogP contribution >= 0.6 is 11.6 Å². The molecule has 0 fully saturated rings. The zero-order valence-corrected chi connectivity index (χ0v) is 7.05. The third kappa shape index (κ3) is 1.43. The Bertz CT molecular complexity index is 267. The number of carbonyl (C=O) groups is 1. The van der Waals surface area contributed by atoms with Gasteiger partial charge in [-0.1, -0.05) is 30.6 Å². The van der Waals surface area contributed by atoms with Gasteiger partial charge in [0.25, 0.3) is 0 Å². The first-order valence-corrected chi connectivity index (χ1v) is 3.65. The minimum absolute atomic E-state index is 0.107. The van der Waals surface area contributed by atoms with Gasteiger partial charge >= 0.3 is 0 Å². The molecule has 0 aromatic carbocycles. The molecule has 1 rings (SSSR count). The van der Waals surface area contributed by atoms with Gasteiger partial charge < -0.3 is 4.52 Å². The van der Waals surface area contributed by atoms with Crippen molar-refractivity contribution >= 4 is 17.9 Å². The van der Waals surface area contributed by atoms with E-state index in [1.54, 1.807) is 0 Å². The fourth-order valence-electron chi connectivity index (χ4n) is 0.737. The SMILES string of the molecule is CC(C)c1noc(C=O)c1Cl. The Morgan fingerprint density at radius 1 is 1.64 bits per heavy atom. The minimum atomic E-state index is 0.107. The summed E-state index contributed by atoms with van der Waals surface area (Å²) >= 11 is 5.73. The van der Waals surface area contributed by atoms with Crippen LogP contribution in [0.15, 0.2) is 4.52 Å². The maximum atomic E-state index is 10.2. The Kier molecular flexibility index (Phi) is 2.29. The minimum Gasteiger partial charge on any atom is -0.351 e. The van der Waals surface area contributed by atoms with Crippen molar-refractivity contribution in [1.82, 2.24) is 5.16 Å². The highest BCUT2D eigenvalue weighted by atomic mass is 35.5. The lowest BCUT2D eigenvalue weighted by Gasteiger charge is -1.95. The van der Waals surface area contributed by atoms with Crippen molar-refractivity contribution in [2.45, 2.75) is 19.8 Å². The van der Waals surface area contributed by atoms with E-state index in [1.165, 1.54) is 0 Å². The predicted octanol–water partition coefficient (Wildman–Crippen LogP) is 2.26. The number of aromatic nitrogens is 1. The molecule has 11 heavy (non-hydrogen) atoms. The van der Waals surface area contributed by atoms with Crippen molar-refractivity contribution in [1.29, 1.82) is 0 Å². The largest absolute Gasteiger partial charge is 0.351 e. The molecule has 1 heterocycles. The normalized spacial score (nSPS) is 10.5. The number of nitrogens with zero attached hydrogens (tertiary/aromatic N) is 1. The Hall–Kier alpha value is -0.830. The van der Waals surface area contributed by atoms with Gasteiger partial charge in [0, 0.05) is 5.92 Å². The highest BCUT2D eigenvalue weighted by molar-refractivity contribution is 6.33. The summed E-state index contributed by atoms with van der Waals surface area (Å²) in [5.41, 5.74) is 0.633. The van der Waals surface area contributed by atoms with Gasteiger partial charge in [0.05, 0.1) is 0 Å². The number of hydrogen-bond donors (Lipinski definition) is 0. The lowest BCUT2D eigenvalue weighted by Crippen LogP contribution is -1.87. The Balaban J connectivity index is 3.10. The fraction of sp³-hybridized carbons (Fsp3) is 0.429. The third-order valence-corrected chi connectivity index (χ3v) is 1.72. The Morgan fingerprint density at radius 2 is 2.27 bits per heavy atom. The van der Waals surface area contributed by atoms with Crippen molar-refractivity contribution in [2.24, 2.45) is 0 Å². The zero-order chi connectivity index (χ0) is 8.43. The number of carbonyl (C=O) groups excluding carboxylic acids is 1. The van der Waals surface area contributed by atoms with E-state index in [0.29, 0.717) is 17.0 Å². The summed E-state index contributed by atoms with van der Waals surface area (Å²) in [7, 11) is 0. The molecule has 0 amide bonds. The average Bonchev–Trinajstić information content (AvgIpc) is 2.30. The number of rotatable bonds is 2. The van der Waals surface area contributed by atoms with Crippen LogP contribution < -0.4 is 0 Å². The van der Waals surface area contributed by atoms with Crippen molar-refractivity contribution in [3.63, 3.8) is 0 Å². The Morgan fingerprint density at radius 3 is 2.55 bits per heavy atom. The molecule has 3 nitrogen and oxygen atoms in total. The maximum Gasteiger partial charge on any atom is 0.218 e. The molecular formula is C7H8ClNO2. The number of aldehydes is 1. The Labute approximate surface area is 69.3 Å². The molecule has 1 aromatic heterocycles. The predicted molar refractivity (Wildman–Crippen MR) is 41.0 cm³/mol. The van der Waals surface area contributed by atoms with Crippen LogP contribution in [0.1, 0.15) is 36.0 Å². The maximum absolute atomic E-state index is 10.2. The van der Waals surface area contributed by atoms with E-state index < -0.39 is 0 Å². The van der Waals surface area contributed by atoms with E-state index in [4.69, 9.17) is 11.6 Å². The molecule has 0 N–H and O–H groups in total. The van der Waals surface area contributed by atoms with Gasteiger partial charge in [0.1, 0.15) is 10.7 Å². The van der Waals surface area contributed by atoms with Crippen molar-refractivity contribution in [2.75, 3.05) is 0 Å². The van der Waals surface area contributed by atoms with Gasteiger partial charge in [0.2, 0.25) is 5.76 Å². The van der Waals surface area contributed by atoms with E-state index >= 15 is 0 Å². The van der Waals surface area contributed by atoms with E-state index in [1.807, 2.05) is 13.8 Å². The highest BCUT2D eigenvalue weighted by Gasteiger charge is 2.15. The highest BCUT2D eigenvalue weighted by Crippen LogP contribution is 2.25. The van der Waals surface area contributed by atoms with Gasteiger partial charge in [0.15, 0.2) is 6.29 Å². The smallest absolute Gasteiger partial charge is 0.218 e. The summed E-state index contributed by atoms with van der Waals surface area (Å²) in [5.74, 6) is 0.287. The standard InChI is InChI=1S/C7H8ClNO2/c1-4(2)7-6(8)5(3-10)11-9-7/h3-4H,1-2H3. The monoisotopic (exact) mass is 173 g/mol. The summed E-state index contributed by atoms with van der Waals surface area (Å²) in [6.45, 7) is 3.86. The molecule has 0 saturated carbocycles. The second-order valence-corrected chi connectivity index (χ2v) is 2.90. The lowest BCUT2D eigenvalue weighted by atomic mass is 10.1. The molecule has 0 atom stereocenters. The van der Waals surface area contributed by atoms with E-state index in [0.717, 1.165) is 0 Å². The van der Waals surface area contributed by atoms with E-state index in [2.05, 4.69) is 9.68 Å². The molecule has 0 aliphatic rings. The average molecular weight is 174 g/mol. The topological polar surface area (TPSA) is 43.1 Å². The van der Waals surface area contributed by atoms with Gasteiger partial charge in [-0.2, -0.15) is 0 Å². The van der Waals surface area contributed by atoms with Gasteiger partial charge in [-0.15, -0.1) is 0 Å². The van der Waals surface area contributed by atoms with E-state index in [-0.39, 0.29) is 11.7 Å². The molecule has 0 radical (unpaired) electrons. The van der Waals surface area contributed by atoms with Crippen LogP contribution in [0, 0.1) is 0 Å². The van der Waals surface area contributed by atoms with Crippen LogP contribution in [0.25, 0.3) is 0 Å². The molecule has 0 aliphatic heterocycles. The summed E-state index contributed by atoms with van der Waals surface area (Å²) in [5, 5.41) is 3.98. The summed E-state index contributed by atoms with van der Waals surface area (Å²) in [6, 6.07) is 0. The van der Waals surface area contributed by atoms with Crippen LogP contribution in [0.3, 0.4) is 0 Å². The van der Waals surface area contributed by atoms with Gasteiger partial charge in [-0.3, -0.25) is 4.79 Å². The molecule has 1 aromatic rings. The summed E-state index contributed by atoms with van der Waals surface area (Å²) < 4.78 is 4.66. The second kappa shape index (κ2) is 3.05. The first-order valence-electron chi connectivity index (χ1n) is 3.27. The molecule has 0 spiro atoms. The quantitative estimate of drug-likeness (QED) is 0.645. The van der Waals surface area contributed by atoms with Crippen LogP contribution in [-0.4, -0.2) is 11.4 Å².